The van der Waals surface area contributed by atoms with E-state index in [1.807, 2.05) is 6.07 Å². The minimum absolute atomic E-state index is 0.0833. The van der Waals surface area contributed by atoms with Gasteiger partial charge in [-0.15, -0.1) is 0 Å². The van der Waals surface area contributed by atoms with Crippen LogP contribution >= 0.6 is 23.2 Å². The molecule has 1 amide bonds. The van der Waals surface area contributed by atoms with E-state index >= 15 is 0 Å². The lowest BCUT2D eigenvalue weighted by atomic mass is 9.98. The molecule has 0 radical (unpaired) electrons. The van der Waals surface area contributed by atoms with E-state index in [0.29, 0.717) is 29.1 Å². The minimum atomic E-state index is 0.0833. The van der Waals surface area contributed by atoms with E-state index in [-0.39, 0.29) is 5.91 Å². The van der Waals surface area contributed by atoms with Gasteiger partial charge in [0.05, 0.1) is 0 Å². The van der Waals surface area contributed by atoms with Crippen LogP contribution in [0, 0.1) is 0 Å². The Labute approximate surface area is 136 Å². The average molecular weight is 329 g/mol. The topological polar surface area (TPSA) is 32.3 Å². The molecule has 0 aliphatic carbocycles. The van der Waals surface area contributed by atoms with Crippen LogP contribution in [0.5, 0.6) is 0 Å². The third kappa shape index (κ3) is 5.17. The zero-order chi connectivity index (χ0) is 15.2. The Hall–Kier alpha value is -0.770. The first-order valence-electron chi connectivity index (χ1n) is 7.47. The second kappa shape index (κ2) is 8.02. The second-order valence-corrected chi connectivity index (χ2v) is 6.52. The predicted molar refractivity (Wildman–Crippen MR) is 87.8 cm³/mol. The van der Waals surface area contributed by atoms with Gasteiger partial charge < -0.3 is 10.2 Å². The first-order valence-corrected chi connectivity index (χ1v) is 8.22. The molecule has 2 rings (SSSR count). The number of nitrogens with zero attached hydrogens (tertiary/aromatic N) is 1. The van der Waals surface area contributed by atoms with Crippen LogP contribution in [0.1, 0.15) is 37.7 Å². The summed E-state index contributed by atoms with van der Waals surface area (Å²) in [5, 5.41) is 4.13. The number of piperidine rings is 1. The fourth-order valence-electron chi connectivity index (χ4n) is 2.75. The van der Waals surface area contributed by atoms with Crippen molar-refractivity contribution in [3.8, 4) is 0 Å². The van der Waals surface area contributed by atoms with E-state index in [4.69, 9.17) is 23.2 Å². The lowest BCUT2D eigenvalue weighted by Crippen LogP contribution is -2.37. The number of nitrogens with one attached hydrogen (secondary N) is 1. The average Bonchev–Trinajstić information content (AvgIpc) is 2.45. The molecule has 3 nitrogen and oxygen atoms in total. The Bertz CT molecular complexity index is 493. The lowest BCUT2D eigenvalue weighted by Gasteiger charge is -2.32. The smallest absolute Gasteiger partial charge is 0.220 e. The zero-order valence-electron chi connectivity index (χ0n) is 12.4. The molecule has 1 aromatic carbocycles. The van der Waals surface area contributed by atoms with Crippen LogP contribution in [0.4, 0.5) is 0 Å². The summed E-state index contributed by atoms with van der Waals surface area (Å²) in [6.45, 7) is 1.60. The number of carbonyl (C=O) groups is 1. The van der Waals surface area contributed by atoms with Gasteiger partial charge in [-0.25, -0.2) is 0 Å². The fourth-order valence-corrected chi connectivity index (χ4v) is 3.23. The van der Waals surface area contributed by atoms with Gasteiger partial charge in [0.15, 0.2) is 0 Å². The van der Waals surface area contributed by atoms with Gasteiger partial charge in [0, 0.05) is 29.1 Å². The highest BCUT2D eigenvalue weighted by Gasteiger charge is 2.19. The maximum atomic E-state index is 11.9. The Morgan fingerprint density at radius 1 is 1.38 bits per heavy atom. The Morgan fingerprint density at radius 2 is 2.19 bits per heavy atom. The Kier molecular flexibility index (Phi) is 6.34. The maximum Gasteiger partial charge on any atom is 0.220 e. The number of hydrogen-bond acceptors (Lipinski definition) is 2. The van der Waals surface area contributed by atoms with Crippen molar-refractivity contribution < 1.29 is 4.79 Å². The Balaban J connectivity index is 1.74. The summed E-state index contributed by atoms with van der Waals surface area (Å²) in [4.78, 5) is 14.3. The first kappa shape index (κ1) is 16.6. The van der Waals surface area contributed by atoms with Crippen LogP contribution in [-0.2, 0) is 11.3 Å². The first-order chi connectivity index (χ1) is 10.1. The molecule has 116 valence electrons. The summed E-state index contributed by atoms with van der Waals surface area (Å²) >= 11 is 11.9. The zero-order valence-corrected chi connectivity index (χ0v) is 13.9. The van der Waals surface area contributed by atoms with Gasteiger partial charge in [-0.05, 0) is 50.6 Å². The molecule has 0 saturated carbocycles. The van der Waals surface area contributed by atoms with Crippen molar-refractivity contribution in [2.45, 2.75) is 44.7 Å². The largest absolute Gasteiger partial charge is 0.352 e. The summed E-state index contributed by atoms with van der Waals surface area (Å²) in [6, 6.07) is 5.87. The molecule has 1 atom stereocenters. The number of amides is 1. The summed E-state index contributed by atoms with van der Waals surface area (Å²) < 4.78 is 0. The van der Waals surface area contributed by atoms with E-state index < -0.39 is 0 Å². The molecule has 0 aromatic heterocycles. The second-order valence-electron chi connectivity index (χ2n) is 5.68. The van der Waals surface area contributed by atoms with Crippen LogP contribution in [0.15, 0.2) is 18.2 Å². The van der Waals surface area contributed by atoms with Crippen molar-refractivity contribution in [1.82, 2.24) is 10.2 Å². The maximum absolute atomic E-state index is 11.9. The number of hydrogen-bond donors (Lipinski definition) is 1. The van der Waals surface area contributed by atoms with Crippen LogP contribution in [0.3, 0.4) is 0 Å². The molecule has 1 aliphatic heterocycles. The molecular formula is C16H22Cl2N2O. The number of halogens is 2. The quantitative estimate of drug-likeness (QED) is 0.889. The minimum Gasteiger partial charge on any atom is -0.352 e. The van der Waals surface area contributed by atoms with Crippen LogP contribution < -0.4 is 5.32 Å². The highest BCUT2D eigenvalue weighted by molar-refractivity contribution is 6.35. The summed E-state index contributed by atoms with van der Waals surface area (Å²) in [7, 11) is 2.15. The normalized spacial score (nSPS) is 19.5. The van der Waals surface area contributed by atoms with Crippen molar-refractivity contribution in [3.05, 3.63) is 33.8 Å². The molecular weight excluding hydrogens is 307 g/mol. The number of benzene rings is 1. The lowest BCUT2D eigenvalue weighted by molar-refractivity contribution is -0.121. The molecule has 0 spiro atoms. The summed E-state index contributed by atoms with van der Waals surface area (Å²) in [6.07, 6.45) is 5.25. The Morgan fingerprint density at radius 3 is 2.90 bits per heavy atom. The molecule has 1 saturated heterocycles. The van der Waals surface area contributed by atoms with Gasteiger partial charge in [0.1, 0.15) is 0 Å². The van der Waals surface area contributed by atoms with Crippen molar-refractivity contribution in [3.63, 3.8) is 0 Å². The SMILES string of the molecule is CN1CCCC[C@@H]1CCC(=O)NCc1ccc(Cl)cc1Cl. The highest BCUT2D eigenvalue weighted by Crippen LogP contribution is 2.21. The van der Waals surface area contributed by atoms with Gasteiger partial charge in [-0.1, -0.05) is 35.7 Å². The van der Waals surface area contributed by atoms with E-state index in [9.17, 15) is 4.79 Å². The van der Waals surface area contributed by atoms with Crippen molar-refractivity contribution in [1.29, 1.82) is 0 Å². The molecule has 1 aromatic rings. The molecule has 1 aliphatic rings. The van der Waals surface area contributed by atoms with Gasteiger partial charge in [0.25, 0.3) is 0 Å². The highest BCUT2D eigenvalue weighted by atomic mass is 35.5. The molecule has 0 unspecified atom stereocenters. The van der Waals surface area contributed by atoms with Crippen molar-refractivity contribution in [2.75, 3.05) is 13.6 Å². The predicted octanol–water partition coefficient (Wildman–Crippen LogP) is 3.87. The van der Waals surface area contributed by atoms with E-state index in [1.54, 1.807) is 12.1 Å². The van der Waals surface area contributed by atoms with Crippen LogP contribution in [0.2, 0.25) is 10.0 Å². The van der Waals surface area contributed by atoms with Gasteiger partial charge in [-0.2, -0.15) is 0 Å². The molecule has 1 fully saturated rings. The summed E-state index contributed by atoms with van der Waals surface area (Å²) in [5.74, 6) is 0.0833. The van der Waals surface area contributed by atoms with E-state index in [0.717, 1.165) is 18.5 Å². The molecule has 1 N–H and O–H groups in total. The summed E-state index contributed by atoms with van der Waals surface area (Å²) in [5.41, 5.74) is 0.893. The number of carbonyl (C=O) groups excluding carboxylic acids is 1. The molecule has 0 bridgehead atoms. The van der Waals surface area contributed by atoms with Gasteiger partial charge in [-0.3, -0.25) is 4.79 Å². The monoisotopic (exact) mass is 328 g/mol. The van der Waals surface area contributed by atoms with Crippen molar-refractivity contribution in [2.24, 2.45) is 0 Å². The molecule has 5 heteroatoms. The van der Waals surface area contributed by atoms with Crippen molar-refractivity contribution >= 4 is 29.1 Å². The van der Waals surface area contributed by atoms with Crippen LogP contribution in [-0.4, -0.2) is 30.4 Å². The fraction of sp³-hybridized carbons (Fsp3) is 0.562. The van der Waals surface area contributed by atoms with Gasteiger partial charge >= 0.3 is 0 Å². The van der Waals surface area contributed by atoms with E-state index in [2.05, 4.69) is 17.3 Å². The molecule has 1 heterocycles. The third-order valence-corrected chi connectivity index (χ3v) is 4.70. The van der Waals surface area contributed by atoms with Crippen LogP contribution in [0.25, 0.3) is 0 Å². The molecule has 21 heavy (non-hydrogen) atoms. The van der Waals surface area contributed by atoms with E-state index in [1.165, 1.54) is 19.3 Å². The third-order valence-electron chi connectivity index (χ3n) is 4.12. The number of likely N-dealkylation sites (tertiary alicyclic amines) is 1. The standard InChI is InChI=1S/C16H22Cl2N2O/c1-20-9-3-2-4-14(20)7-8-16(21)19-11-12-5-6-13(17)10-15(12)18/h5-6,10,14H,2-4,7-9,11H2,1H3,(H,19,21)/t14-/m1/s1. The number of rotatable bonds is 5. The van der Waals surface area contributed by atoms with Gasteiger partial charge in [0.2, 0.25) is 5.91 Å².